The van der Waals surface area contributed by atoms with Gasteiger partial charge in [-0.1, -0.05) is 38.1 Å². The number of benzene rings is 1. The highest BCUT2D eigenvalue weighted by molar-refractivity contribution is 5.33. The Balaban J connectivity index is 2.38. The molecule has 0 spiro atoms. The second kappa shape index (κ2) is 3.74. The average molecular weight is 189 g/mol. The molecule has 14 heavy (non-hydrogen) atoms. The summed E-state index contributed by atoms with van der Waals surface area (Å²) in [5, 5.41) is 3.67. The molecule has 0 saturated carbocycles. The van der Waals surface area contributed by atoms with Crippen molar-refractivity contribution >= 4 is 0 Å². The van der Waals surface area contributed by atoms with Crippen molar-refractivity contribution in [3.8, 4) is 0 Å². The van der Waals surface area contributed by atoms with Crippen molar-refractivity contribution in [3.05, 3.63) is 35.4 Å². The van der Waals surface area contributed by atoms with Crippen molar-refractivity contribution in [3.63, 3.8) is 0 Å². The SMILES string of the molecule is CC1Cc2ccccc2C(C(C)C)N1. The van der Waals surface area contributed by atoms with E-state index in [4.69, 9.17) is 0 Å². The Hall–Kier alpha value is -0.820. The smallest absolute Gasteiger partial charge is 0.0348 e. The monoisotopic (exact) mass is 189 g/mol. The fraction of sp³-hybridized carbons (Fsp3) is 0.538. The van der Waals surface area contributed by atoms with Crippen LogP contribution in [0.1, 0.15) is 37.9 Å². The van der Waals surface area contributed by atoms with Crippen LogP contribution < -0.4 is 5.32 Å². The van der Waals surface area contributed by atoms with Gasteiger partial charge in [-0.25, -0.2) is 0 Å². The fourth-order valence-corrected chi connectivity index (χ4v) is 2.36. The Morgan fingerprint density at radius 1 is 1.29 bits per heavy atom. The van der Waals surface area contributed by atoms with E-state index in [2.05, 4.69) is 50.4 Å². The first kappa shape index (κ1) is 9.72. The van der Waals surface area contributed by atoms with E-state index in [0.717, 1.165) is 0 Å². The van der Waals surface area contributed by atoms with Gasteiger partial charge >= 0.3 is 0 Å². The largest absolute Gasteiger partial charge is 0.307 e. The molecule has 76 valence electrons. The van der Waals surface area contributed by atoms with Gasteiger partial charge in [-0.3, -0.25) is 0 Å². The zero-order valence-electron chi connectivity index (χ0n) is 9.25. The molecule has 2 rings (SSSR count). The molecular formula is C13H19N. The molecule has 1 N–H and O–H groups in total. The van der Waals surface area contributed by atoms with Gasteiger partial charge in [0.05, 0.1) is 0 Å². The molecule has 1 heterocycles. The molecule has 1 aliphatic rings. The van der Waals surface area contributed by atoms with Crippen molar-refractivity contribution in [2.75, 3.05) is 0 Å². The van der Waals surface area contributed by atoms with Crippen LogP contribution in [0.4, 0.5) is 0 Å². The van der Waals surface area contributed by atoms with E-state index in [1.807, 2.05) is 0 Å². The lowest BCUT2D eigenvalue weighted by molar-refractivity contribution is 0.346. The molecule has 1 aliphatic heterocycles. The van der Waals surface area contributed by atoms with E-state index < -0.39 is 0 Å². The molecule has 0 aromatic heterocycles. The van der Waals surface area contributed by atoms with Gasteiger partial charge in [0.15, 0.2) is 0 Å². The summed E-state index contributed by atoms with van der Waals surface area (Å²) in [5.74, 6) is 0.666. The Morgan fingerprint density at radius 2 is 2.00 bits per heavy atom. The Labute approximate surface area is 86.5 Å². The minimum absolute atomic E-state index is 0.537. The summed E-state index contributed by atoms with van der Waals surface area (Å²) < 4.78 is 0. The van der Waals surface area contributed by atoms with Gasteiger partial charge in [-0.05, 0) is 30.4 Å². The van der Waals surface area contributed by atoms with Crippen molar-refractivity contribution in [1.29, 1.82) is 0 Å². The predicted molar refractivity (Wildman–Crippen MR) is 60.3 cm³/mol. The molecular weight excluding hydrogens is 170 g/mol. The van der Waals surface area contributed by atoms with Gasteiger partial charge in [0, 0.05) is 12.1 Å². The average Bonchev–Trinajstić information content (AvgIpc) is 2.16. The maximum Gasteiger partial charge on any atom is 0.0348 e. The van der Waals surface area contributed by atoms with Crippen molar-refractivity contribution < 1.29 is 0 Å². The highest BCUT2D eigenvalue weighted by atomic mass is 15.0. The first-order valence-corrected chi connectivity index (χ1v) is 5.52. The van der Waals surface area contributed by atoms with Crippen LogP contribution in [0.25, 0.3) is 0 Å². The molecule has 2 unspecified atom stereocenters. The molecule has 0 amide bonds. The minimum atomic E-state index is 0.537. The summed E-state index contributed by atoms with van der Waals surface area (Å²) in [6, 6.07) is 9.97. The molecule has 0 bridgehead atoms. The van der Waals surface area contributed by atoms with Crippen LogP contribution in [-0.2, 0) is 6.42 Å². The molecule has 1 aromatic carbocycles. The van der Waals surface area contributed by atoms with E-state index in [1.165, 1.54) is 17.5 Å². The molecule has 1 heteroatoms. The maximum atomic E-state index is 3.67. The standard InChI is InChI=1S/C13H19N/c1-9(2)13-12-7-5-4-6-11(12)8-10(3)14-13/h4-7,9-10,13-14H,8H2,1-3H3. The summed E-state index contributed by atoms with van der Waals surface area (Å²) >= 11 is 0. The van der Waals surface area contributed by atoms with Crippen molar-refractivity contribution in [2.24, 2.45) is 5.92 Å². The minimum Gasteiger partial charge on any atom is -0.307 e. The van der Waals surface area contributed by atoms with E-state index >= 15 is 0 Å². The highest BCUT2D eigenvalue weighted by Gasteiger charge is 2.25. The number of fused-ring (bicyclic) bond motifs is 1. The summed E-state index contributed by atoms with van der Waals surface area (Å²) in [5.41, 5.74) is 3.03. The fourth-order valence-electron chi connectivity index (χ4n) is 2.36. The van der Waals surface area contributed by atoms with Gasteiger partial charge < -0.3 is 5.32 Å². The molecule has 0 aliphatic carbocycles. The van der Waals surface area contributed by atoms with Crippen LogP contribution in [0.2, 0.25) is 0 Å². The van der Waals surface area contributed by atoms with Crippen molar-refractivity contribution in [2.45, 2.75) is 39.3 Å². The van der Waals surface area contributed by atoms with Crippen LogP contribution in [0.5, 0.6) is 0 Å². The normalized spacial score (nSPS) is 26.3. The Kier molecular flexibility index (Phi) is 2.60. The maximum absolute atomic E-state index is 3.67. The van der Waals surface area contributed by atoms with Gasteiger partial charge in [0.2, 0.25) is 0 Å². The number of hydrogen-bond acceptors (Lipinski definition) is 1. The number of hydrogen-bond donors (Lipinski definition) is 1. The molecule has 0 radical (unpaired) electrons. The van der Waals surface area contributed by atoms with Crippen LogP contribution in [0.3, 0.4) is 0 Å². The van der Waals surface area contributed by atoms with E-state index in [9.17, 15) is 0 Å². The zero-order chi connectivity index (χ0) is 10.1. The van der Waals surface area contributed by atoms with Gasteiger partial charge in [0.25, 0.3) is 0 Å². The third-order valence-corrected chi connectivity index (χ3v) is 3.05. The van der Waals surface area contributed by atoms with E-state index in [1.54, 1.807) is 0 Å². The lowest BCUT2D eigenvalue weighted by Crippen LogP contribution is -2.39. The van der Waals surface area contributed by atoms with Crippen LogP contribution >= 0.6 is 0 Å². The van der Waals surface area contributed by atoms with Gasteiger partial charge in [0.1, 0.15) is 0 Å². The van der Waals surface area contributed by atoms with Crippen molar-refractivity contribution in [1.82, 2.24) is 5.32 Å². The topological polar surface area (TPSA) is 12.0 Å². The van der Waals surface area contributed by atoms with E-state index in [-0.39, 0.29) is 0 Å². The molecule has 1 aromatic rings. The van der Waals surface area contributed by atoms with Gasteiger partial charge in [-0.15, -0.1) is 0 Å². The molecule has 1 nitrogen and oxygen atoms in total. The quantitative estimate of drug-likeness (QED) is 0.716. The first-order chi connectivity index (χ1) is 6.68. The first-order valence-electron chi connectivity index (χ1n) is 5.52. The van der Waals surface area contributed by atoms with Crippen LogP contribution in [0, 0.1) is 5.92 Å². The Bertz CT molecular complexity index is 317. The second-order valence-electron chi connectivity index (χ2n) is 4.69. The number of nitrogens with one attached hydrogen (secondary N) is 1. The third-order valence-electron chi connectivity index (χ3n) is 3.05. The Morgan fingerprint density at radius 3 is 2.71 bits per heavy atom. The molecule has 0 saturated heterocycles. The zero-order valence-corrected chi connectivity index (χ0v) is 9.25. The molecule has 0 fully saturated rings. The lowest BCUT2D eigenvalue weighted by Gasteiger charge is -2.33. The van der Waals surface area contributed by atoms with Crippen LogP contribution in [0.15, 0.2) is 24.3 Å². The molecule has 2 atom stereocenters. The highest BCUT2D eigenvalue weighted by Crippen LogP contribution is 2.29. The second-order valence-corrected chi connectivity index (χ2v) is 4.69. The summed E-state index contributed by atoms with van der Waals surface area (Å²) in [6.07, 6.45) is 1.17. The predicted octanol–water partition coefficient (Wildman–Crippen LogP) is 2.92. The summed E-state index contributed by atoms with van der Waals surface area (Å²) in [6.45, 7) is 6.84. The van der Waals surface area contributed by atoms with E-state index in [0.29, 0.717) is 18.0 Å². The van der Waals surface area contributed by atoms with Gasteiger partial charge in [-0.2, -0.15) is 0 Å². The number of rotatable bonds is 1. The third kappa shape index (κ3) is 1.69. The summed E-state index contributed by atoms with van der Waals surface area (Å²) in [4.78, 5) is 0. The van der Waals surface area contributed by atoms with Crippen LogP contribution in [-0.4, -0.2) is 6.04 Å². The lowest BCUT2D eigenvalue weighted by atomic mass is 9.85. The summed E-state index contributed by atoms with van der Waals surface area (Å²) in [7, 11) is 0.